The Labute approximate surface area is 121 Å². The van der Waals surface area contributed by atoms with Crippen LogP contribution in [0.25, 0.3) is 0 Å². The molecule has 0 N–H and O–H groups in total. The fourth-order valence-electron chi connectivity index (χ4n) is 1.95. The number of para-hydroxylation sites is 1. The van der Waals surface area contributed by atoms with E-state index in [4.69, 9.17) is 10.00 Å². The number of methoxy groups -OCH3 is 1. The molecule has 1 unspecified atom stereocenters. The summed E-state index contributed by atoms with van der Waals surface area (Å²) in [6.45, 7) is 1.93. The quantitative estimate of drug-likeness (QED) is 0.867. The van der Waals surface area contributed by atoms with E-state index in [2.05, 4.69) is 6.07 Å². The van der Waals surface area contributed by atoms with Crippen LogP contribution in [0.5, 0.6) is 5.75 Å². The van der Waals surface area contributed by atoms with Crippen LogP contribution in [0.3, 0.4) is 0 Å². The van der Waals surface area contributed by atoms with Gasteiger partial charge in [-0.3, -0.25) is 4.21 Å². The highest BCUT2D eigenvalue weighted by Gasteiger charge is 2.12. The van der Waals surface area contributed by atoms with Crippen LogP contribution < -0.4 is 4.74 Å². The van der Waals surface area contributed by atoms with Gasteiger partial charge in [-0.15, -0.1) is 0 Å². The summed E-state index contributed by atoms with van der Waals surface area (Å²) in [6.07, 6.45) is 0. The fourth-order valence-corrected chi connectivity index (χ4v) is 3.32. The highest BCUT2D eigenvalue weighted by atomic mass is 32.2. The molecule has 0 spiro atoms. The molecule has 102 valence electrons. The van der Waals surface area contributed by atoms with E-state index in [1.54, 1.807) is 19.2 Å². The second kappa shape index (κ2) is 6.36. The number of nitrogens with zero attached hydrogens (tertiary/aromatic N) is 1. The van der Waals surface area contributed by atoms with E-state index in [9.17, 15) is 4.21 Å². The molecule has 0 radical (unpaired) electrons. The third-order valence-corrected chi connectivity index (χ3v) is 4.47. The van der Waals surface area contributed by atoms with Crippen LogP contribution in [0.2, 0.25) is 0 Å². The van der Waals surface area contributed by atoms with Gasteiger partial charge >= 0.3 is 0 Å². The first-order valence-electron chi connectivity index (χ1n) is 6.16. The summed E-state index contributed by atoms with van der Waals surface area (Å²) in [4.78, 5) is 0.693. The monoisotopic (exact) mass is 285 g/mol. The lowest BCUT2D eigenvalue weighted by Gasteiger charge is -2.09. The van der Waals surface area contributed by atoms with Gasteiger partial charge in [-0.05, 0) is 42.3 Å². The van der Waals surface area contributed by atoms with Gasteiger partial charge in [0.05, 0.1) is 40.2 Å². The van der Waals surface area contributed by atoms with Gasteiger partial charge in [-0.2, -0.15) is 5.26 Å². The molecule has 0 aliphatic rings. The maximum atomic E-state index is 12.5. The normalized spacial score (nSPS) is 11.7. The lowest BCUT2D eigenvalue weighted by Crippen LogP contribution is -2.01. The number of benzene rings is 2. The van der Waals surface area contributed by atoms with Gasteiger partial charge in [0, 0.05) is 0 Å². The average Bonchev–Trinajstić information content (AvgIpc) is 2.49. The van der Waals surface area contributed by atoms with E-state index in [1.807, 2.05) is 37.3 Å². The van der Waals surface area contributed by atoms with E-state index in [0.717, 1.165) is 11.1 Å². The van der Waals surface area contributed by atoms with E-state index in [0.29, 0.717) is 22.0 Å². The number of hydrogen-bond acceptors (Lipinski definition) is 3. The summed E-state index contributed by atoms with van der Waals surface area (Å²) < 4.78 is 17.7. The van der Waals surface area contributed by atoms with Crippen molar-refractivity contribution in [1.82, 2.24) is 0 Å². The molecule has 0 bridgehead atoms. The molecule has 0 amide bonds. The van der Waals surface area contributed by atoms with Gasteiger partial charge in [0.15, 0.2) is 0 Å². The zero-order valence-electron chi connectivity index (χ0n) is 11.4. The molecular formula is C16H15NO2S. The van der Waals surface area contributed by atoms with Crippen LogP contribution in [0.1, 0.15) is 16.7 Å². The van der Waals surface area contributed by atoms with E-state index >= 15 is 0 Å². The molecule has 1 atom stereocenters. The van der Waals surface area contributed by atoms with Crippen LogP contribution in [-0.4, -0.2) is 11.3 Å². The minimum atomic E-state index is -1.17. The number of rotatable bonds is 4. The van der Waals surface area contributed by atoms with Gasteiger partial charge in [-0.25, -0.2) is 0 Å². The largest absolute Gasteiger partial charge is 0.495 e. The van der Waals surface area contributed by atoms with Gasteiger partial charge in [0.2, 0.25) is 0 Å². The van der Waals surface area contributed by atoms with Gasteiger partial charge in [-0.1, -0.05) is 18.2 Å². The first-order chi connectivity index (χ1) is 9.65. The summed E-state index contributed by atoms with van der Waals surface area (Å²) in [5.41, 5.74) is 2.58. The molecule has 0 aliphatic carbocycles. The molecule has 0 heterocycles. The van der Waals surface area contributed by atoms with Crippen LogP contribution in [0, 0.1) is 18.3 Å². The molecule has 0 fully saturated rings. The summed E-state index contributed by atoms with van der Waals surface area (Å²) in [7, 11) is 0.400. The number of nitriles is 1. The molecule has 3 nitrogen and oxygen atoms in total. The molecular weight excluding hydrogens is 270 g/mol. The standard InChI is InChI=1S/C16H15NO2S/c1-12-9-13(10-17)7-8-14(12)11-20(18)16-6-4-3-5-15(16)19-2/h3-9H,11H2,1-2H3. The molecule has 2 aromatic rings. The first-order valence-corrected chi connectivity index (χ1v) is 7.48. The van der Waals surface area contributed by atoms with Crippen molar-refractivity contribution in [1.29, 1.82) is 5.26 Å². The fraction of sp³-hybridized carbons (Fsp3) is 0.188. The first kappa shape index (κ1) is 14.3. The SMILES string of the molecule is COc1ccccc1S(=O)Cc1ccc(C#N)cc1C. The Kier molecular flexibility index (Phi) is 4.54. The number of aryl methyl sites for hydroxylation is 1. The Morgan fingerprint density at radius 3 is 2.65 bits per heavy atom. The molecule has 2 rings (SSSR count). The van der Waals surface area contributed by atoms with Crippen LogP contribution in [0.15, 0.2) is 47.4 Å². The highest BCUT2D eigenvalue weighted by molar-refractivity contribution is 7.84. The Hall–Kier alpha value is -2.12. The molecule has 0 saturated heterocycles. The van der Waals surface area contributed by atoms with Crippen molar-refractivity contribution in [3.8, 4) is 11.8 Å². The van der Waals surface area contributed by atoms with Gasteiger partial charge < -0.3 is 4.74 Å². The van der Waals surface area contributed by atoms with E-state index in [-0.39, 0.29) is 0 Å². The smallest absolute Gasteiger partial charge is 0.134 e. The van der Waals surface area contributed by atoms with E-state index in [1.165, 1.54) is 0 Å². The van der Waals surface area contributed by atoms with E-state index < -0.39 is 10.8 Å². The molecule has 4 heteroatoms. The third-order valence-electron chi connectivity index (χ3n) is 3.07. The maximum absolute atomic E-state index is 12.5. The summed E-state index contributed by atoms with van der Waals surface area (Å²) in [6, 6.07) is 14.9. The topological polar surface area (TPSA) is 50.1 Å². The second-order valence-electron chi connectivity index (χ2n) is 4.39. The Bertz CT molecular complexity index is 689. The lowest BCUT2D eigenvalue weighted by molar-refractivity contribution is 0.404. The molecule has 2 aromatic carbocycles. The van der Waals surface area contributed by atoms with Crippen molar-refractivity contribution in [2.24, 2.45) is 0 Å². The van der Waals surface area contributed by atoms with Crippen LogP contribution >= 0.6 is 0 Å². The lowest BCUT2D eigenvalue weighted by atomic mass is 10.1. The van der Waals surface area contributed by atoms with Crippen LogP contribution in [0.4, 0.5) is 0 Å². The van der Waals surface area contributed by atoms with Crippen molar-refractivity contribution >= 4 is 10.8 Å². The molecule has 0 aliphatic heterocycles. The Morgan fingerprint density at radius 2 is 2.00 bits per heavy atom. The summed E-state index contributed by atoms with van der Waals surface area (Å²) in [5.74, 6) is 1.05. The van der Waals surface area contributed by atoms with Gasteiger partial charge in [0.1, 0.15) is 5.75 Å². The Balaban J connectivity index is 2.26. The highest BCUT2D eigenvalue weighted by Crippen LogP contribution is 2.24. The van der Waals surface area contributed by atoms with Crippen molar-refractivity contribution in [3.05, 3.63) is 59.2 Å². The Morgan fingerprint density at radius 1 is 1.25 bits per heavy atom. The number of ether oxygens (including phenoxy) is 1. The van der Waals surface area contributed by atoms with Crippen molar-refractivity contribution < 1.29 is 8.95 Å². The second-order valence-corrected chi connectivity index (χ2v) is 5.81. The molecule has 0 saturated carbocycles. The minimum absolute atomic E-state index is 0.415. The number of hydrogen-bond donors (Lipinski definition) is 0. The van der Waals surface area contributed by atoms with Crippen molar-refractivity contribution in [2.45, 2.75) is 17.6 Å². The predicted molar refractivity (Wildman–Crippen MR) is 79.0 cm³/mol. The zero-order valence-corrected chi connectivity index (χ0v) is 12.2. The van der Waals surface area contributed by atoms with Gasteiger partial charge in [0.25, 0.3) is 0 Å². The van der Waals surface area contributed by atoms with Crippen molar-refractivity contribution in [3.63, 3.8) is 0 Å². The predicted octanol–water partition coefficient (Wildman–Crippen LogP) is 3.18. The van der Waals surface area contributed by atoms with Crippen LogP contribution in [-0.2, 0) is 16.6 Å². The zero-order chi connectivity index (χ0) is 14.5. The minimum Gasteiger partial charge on any atom is -0.495 e. The van der Waals surface area contributed by atoms with Crippen molar-refractivity contribution in [2.75, 3.05) is 7.11 Å². The maximum Gasteiger partial charge on any atom is 0.134 e. The summed E-state index contributed by atoms with van der Waals surface area (Å²) in [5, 5.41) is 8.85. The molecule has 20 heavy (non-hydrogen) atoms. The summed E-state index contributed by atoms with van der Waals surface area (Å²) >= 11 is 0. The average molecular weight is 285 g/mol. The third kappa shape index (κ3) is 3.06. The molecule has 0 aromatic heterocycles.